The Hall–Kier alpha value is -1.92. The van der Waals surface area contributed by atoms with E-state index in [1.54, 1.807) is 0 Å². The zero-order valence-electron chi connectivity index (χ0n) is 15.3. The molecule has 138 valence electrons. The minimum Gasteiger partial charge on any atom is -0.356 e. The maximum atomic E-state index is 11.8. The highest BCUT2D eigenvalue weighted by molar-refractivity contribution is 5.78. The molecule has 2 amide bonds. The lowest BCUT2D eigenvalue weighted by Gasteiger charge is -2.36. The second-order valence-electron chi connectivity index (χ2n) is 6.76. The number of hydrogen-bond acceptors (Lipinski definition) is 4. The summed E-state index contributed by atoms with van der Waals surface area (Å²) in [6.07, 6.45) is 0.328. The molecule has 0 bridgehead atoms. The first-order valence-corrected chi connectivity index (χ1v) is 9.05. The summed E-state index contributed by atoms with van der Waals surface area (Å²) in [5.41, 5.74) is 1.36. The fourth-order valence-corrected chi connectivity index (χ4v) is 3.10. The first-order valence-electron chi connectivity index (χ1n) is 9.05. The number of amides is 2. The number of piperazine rings is 1. The van der Waals surface area contributed by atoms with E-state index < -0.39 is 0 Å². The molecule has 2 N–H and O–H groups in total. The van der Waals surface area contributed by atoms with Gasteiger partial charge in [0.05, 0.1) is 0 Å². The zero-order chi connectivity index (χ0) is 18.1. The third-order valence-electron chi connectivity index (χ3n) is 4.38. The Bertz CT molecular complexity index is 542. The average Bonchev–Trinajstić information content (AvgIpc) is 2.57. The lowest BCUT2D eigenvalue weighted by atomic mass is 10.2. The average molecular weight is 346 g/mol. The van der Waals surface area contributed by atoms with Crippen molar-refractivity contribution >= 4 is 11.8 Å². The predicted molar refractivity (Wildman–Crippen MR) is 99.1 cm³/mol. The van der Waals surface area contributed by atoms with Crippen LogP contribution < -0.4 is 10.6 Å². The molecule has 0 radical (unpaired) electrons. The second kappa shape index (κ2) is 10.2. The van der Waals surface area contributed by atoms with E-state index in [9.17, 15) is 9.59 Å². The van der Waals surface area contributed by atoms with Crippen molar-refractivity contribution in [2.24, 2.45) is 0 Å². The summed E-state index contributed by atoms with van der Waals surface area (Å²) in [6.45, 7) is 9.92. The van der Waals surface area contributed by atoms with E-state index in [1.807, 2.05) is 13.0 Å². The fraction of sp³-hybridized carbons (Fsp3) is 0.579. The third kappa shape index (κ3) is 7.67. The highest BCUT2D eigenvalue weighted by atomic mass is 16.2. The van der Waals surface area contributed by atoms with Crippen molar-refractivity contribution in [3.8, 4) is 0 Å². The Labute approximate surface area is 150 Å². The SMILES string of the molecule is CC(=O)NCCC(=O)N[C@@H](C)CN1CCN(Cc2ccccc2)CC1. The van der Waals surface area contributed by atoms with Crippen LogP contribution in [0.2, 0.25) is 0 Å². The largest absolute Gasteiger partial charge is 0.356 e. The van der Waals surface area contributed by atoms with Gasteiger partial charge in [-0.3, -0.25) is 19.4 Å². The molecule has 1 heterocycles. The molecule has 1 aliphatic heterocycles. The van der Waals surface area contributed by atoms with Crippen molar-refractivity contribution < 1.29 is 9.59 Å². The number of nitrogens with one attached hydrogen (secondary N) is 2. The molecule has 0 aromatic heterocycles. The lowest BCUT2D eigenvalue weighted by molar-refractivity contribution is -0.122. The molecule has 0 aliphatic carbocycles. The van der Waals surface area contributed by atoms with E-state index in [4.69, 9.17) is 0 Å². The van der Waals surface area contributed by atoms with E-state index in [0.717, 1.165) is 39.3 Å². The van der Waals surface area contributed by atoms with Crippen LogP contribution in [0.5, 0.6) is 0 Å². The Morgan fingerprint density at radius 1 is 1.08 bits per heavy atom. The normalized spacial score (nSPS) is 17.0. The lowest BCUT2D eigenvalue weighted by Crippen LogP contribution is -2.50. The van der Waals surface area contributed by atoms with Gasteiger partial charge >= 0.3 is 0 Å². The first kappa shape index (κ1) is 19.4. The molecule has 25 heavy (non-hydrogen) atoms. The Kier molecular flexibility index (Phi) is 7.88. The van der Waals surface area contributed by atoms with E-state index in [-0.39, 0.29) is 17.9 Å². The molecular formula is C19H30N4O2. The van der Waals surface area contributed by atoms with Crippen LogP contribution in [-0.2, 0) is 16.1 Å². The number of carbonyl (C=O) groups is 2. The molecule has 0 saturated carbocycles. The number of rotatable bonds is 8. The second-order valence-corrected chi connectivity index (χ2v) is 6.76. The summed E-state index contributed by atoms with van der Waals surface area (Å²) in [7, 11) is 0. The number of nitrogens with zero attached hydrogens (tertiary/aromatic N) is 2. The van der Waals surface area contributed by atoms with Crippen LogP contribution in [0.1, 0.15) is 25.8 Å². The van der Waals surface area contributed by atoms with Gasteiger partial charge in [-0.15, -0.1) is 0 Å². The third-order valence-corrected chi connectivity index (χ3v) is 4.38. The van der Waals surface area contributed by atoms with Gasteiger partial charge in [0, 0.05) is 65.2 Å². The molecular weight excluding hydrogens is 316 g/mol. The van der Waals surface area contributed by atoms with Crippen LogP contribution in [0.4, 0.5) is 0 Å². The minimum absolute atomic E-state index is 0.0102. The van der Waals surface area contributed by atoms with Gasteiger partial charge in [0.1, 0.15) is 0 Å². The highest BCUT2D eigenvalue weighted by Gasteiger charge is 2.19. The quantitative estimate of drug-likeness (QED) is 0.732. The van der Waals surface area contributed by atoms with Gasteiger partial charge in [-0.2, -0.15) is 0 Å². The Morgan fingerprint density at radius 3 is 2.36 bits per heavy atom. The maximum absolute atomic E-state index is 11.8. The number of hydrogen-bond donors (Lipinski definition) is 2. The number of benzene rings is 1. The van der Waals surface area contributed by atoms with Crippen molar-refractivity contribution in [3.05, 3.63) is 35.9 Å². The summed E-state index contributed by atoms with van der Waals surface area (Å²) in [6, 6.07) is 10.7. The molecule has 1 aromatic rings. The topological polar surface area (TPSA) is 64.7 Å². The first-order chi connectivity index (χ1) is 12.0. The molecule has 0 unspecified atom stereocenters. The zero-order valence-corrected chi connectivity index (χ0v) is 15.3. The van der Waals surface area contributed by atoms with Crippen molar-refractivity contribution in [3.63, 3.8) is 0 Å². The minimum atomic E-state index is -0.103. The molecule has 2 rings (SSSR count). The van der Waals surface area contributed by atoms with Gasteiger partial charge in [0.25, 0.3) is 0 Å². The van der Waals surface area contributed by atoms with Crippen molar-refractivity contribution in [2.75, 3.05) is 39.3 Å². The van der Waals surface area contributed by atoms with Gasteiger partial charge in [-0.25, -0.2) is 0 Å². The van der Waals surface area contributed by atoms with Gasteiger partial charge < -0.3 is 10.6 Å². The maximum Gasteiger partial charge on any atom is 0.222 e. The Morgan fingerprint density at radius 2 is 1.72 bits per heavy atom. The smallest absolute Gasteiger partial charge is 0.222 e. The molecule has 1 atom stereocenters. The van der Waals surface area contributed by atoms with Crippen LogP contribution in [0.25, 0.3) is 0 Å². The standard InChI is InChI=1S/C19H30N4O2/c1-16(21-19(25)8-9-20-17(2)24)14-22-10-12-23(13-11-22)15-18-6-4-3-5-7-18/h3-7,16H,8-15H2,1-2H3,(H,20,24)(H,21,25)/t16-/m0/s1. The highest BCUT2D eigenvalue weighted by Crippen LogP contribution is 2.08. The van der Waals surface area contributed by atoms with E-state index in [0.29, 0.717) is 13.0 Å². The van der Waals surface area contributed by atoms with Crippen LogP contribution in [-0.4, -0.2) is 66.9 Å². The van der Waals surface area contributed by atoms with Gasteiger partial charge in [-0.1, -0.05) is 30.3 Å². The fourth-order valence-electron chi connectivity index (χ4n) is 3.10. The summed E-state index contributed by atoms with van der Waals surface area (Å²) >= 11 is 0. The van der Waals surface area contributed by atoms with Crippen LogP contribution in [0.3, 0.4) is 0 Å². The molecule has 1 aromatic carbocycles. The molecule has 6 heteroatoms. The van der Waals surface area contributed by atoms with Crippen molar-refractivity contribution in [1.29, 1.82) is 0 Å². The van der Waals surface area contributed by atoms with Crippen LogP contribution in [0, 0.1) is 0 Å². The monoisotopic (exact) mass is 346 g/mol. The number of carbonyl (C=O) groups excluding carboxylic acids is 2. The van der Waals surface area contributed by atoms with E-state index >= 15 is 0 Å². The van der Waals surface area contributed by atoms with Gasteiger partial charge in [0.15, 0.2) is 0 Å². The van der Waals surface area contributed by atoms with Crippen LogP contribution >= 0.6 is 0 Å². The van der Waals surface area contributed by atoms with Gasteiger partial charge in [-0.05, 0) is 12.5 Å². The Balaban J connectivity index is 1.62. The van der Waals surface area contributed by atoms with Crippen LogP contribution in [0.15, 0.2) is 30.3 Å². The summed E-state index contributed by atoms with van der Waals surface area (Å²) in [4.78, 5) is 27.5. The van der Waals surface area contributed by atoms with Gasteiger partial charge in [0.2, 0.25) is 11.8 Å². The summed E-state index contributed by atoms with van der Waals surface area (Å²) in [5, 5.41) is 5.65. The molecule has 6 nitrogen and oxygen atoms in total. The van der Waals surface area contributed by atoms with Crippen molar-refractivity contribution in [1.82, 2.24) is 20.4 Å². The molecule has 1 fully saturated rings. The van der Waals surface area contributed by atoms with Crippen molar-refractivity contribution in [2.45, 2.75) is 32.9 Å². The molecule has 1 aliphatic rings. The van der Waals surface area contributed by atoms with E-state index in [2.05, 4.69) is 44.7 Å². The predicted octanol–water partition coefficient (Wildman–Crippen LogP) is 0.835. The summed E-state index contributed by atoms with van der Waals surface area (Å²) < 4.78 is 0. The summed E-state index contributed by atoms with van der Waals surface area (Å²) in [5.74, 6) is -0.113. The van der Waals surface area contributed by atoms with E-state index in [1.165, 1.54) is 12.5 Å². The molecule has 1 saturated heterocycles. The molecule has 0 spiro atoms.